The first-order chi connectivity index (χ1) is 69.3. The maximum Gasteiger partial charge on any atom is 0.501 e. The minimum absolute atomic E-state index is 0.0229. The van der Waals surface area contributed by atoms with Crippen LogP contribution in [-0.4, -0.2) is 265 Å². The van der Waals surface area contributed by atoms with E-state index < -0.39 is 60.4 Å². The zero-order valence-corrected chi connectivity index (χ0v) is 105. The maximum atomic E-state index is 10.9. The Morgan fingerprint density at radius 2 is 0.579 bits per heavy atom. The predicted octanol–water partition coefficient (Wildman–Crippen LogP) is 26.1. The lowest BCUT2D eigenvalue weighted by Gasteiger charge is -2.29. The number of aliphatic hydroxyl groups excluding tert-OH is 1. The first-order valence-electron chi connectivity index (χ1n) is 52.2. The van der Waals surface area contributed by atoms with Crippen molar-refractivity contribution < 1.29 is 116 Å². The van der Waals surface area contributed by atoms with E-state index in [0.29, 0.717) is 102 Å². The van der Waals surface area contributed by atoms with Crippen molar-refractivity contribution in [3.63, 3.8) is 0 Å². The van der Waals surface area contributed by atoms with Gasteiger partial charge < -0.3 is 116 Å². The third-order valence-electron chi connectivity index (χ3n) is 23.5. The van der Waals surface area contributed by atoms with Crippen molar-refractivity contribution in [3.8, 4) is 39.9 Å². The van der Waals surface area contributed by atoms with E-state index in [4.69, 9.17) is 85.6 Å². The first-order valence-corrected chi connectivity index (χ1v) is 74.0. The lowest BCUT2D eigenvalue weighted by molar-refractivity contribution is 0.0417. The summed E-state index contributed by atoms with van der Waals surface area (Å²) in [4.78, 5) is 0. The summed E-state index contributed by atoms with van der Waals surface area (Å²) in [6, 6.07) is 34.4. The van der Waals surface area contributed by atoms with Gasteiger partial charge in [0.15, 0.2) is 0 Å². The second-order valence-electron chi connectivity index (χ2n) is 35.7. The molecule has 830 valence electrons. The largest absolute Gasteiger partial charge is 0.508 e. The van der Waals surface area contributed by atoms with E-state index in [1.807, 2.05) is 227 Å². The molecular weight excluding hydrogens is 2060 g/mol. The van der Waals surface area contributed by atoms with E-state index in [1.165, 1.54) is 36.1 Å². The highest BCUT2D eigenvalue weighted by Gasteiger charge is 2.42. The first kappa shape index (κ1) is 139. The highest BCUT2D eigenvalue weighted by atomic mass is 33.1. The van der Waals surface area contributed by atoms with Gasteiger partial charge in [-0.2, -0.15) is 5.26 Å². The summed E-state index contributed by atoms with van der Waals surface area (Å²) < 4.78 is 103. The topological polar surface area (TPSA) is 332 Å². The quantitative estimate of drug-likeness (QED) is 0.00807. The van der Waals surface area contributed by atoms with Crippen molar-refractivity contribution in [1.29, 1.82) is 5.26 Å². The van der Waals surface area contributed by atoms with Crippen LogP contribution in [0, 0.1) is 66.1 Å². The van der Waals surface area contributed by atoms with E-state index in [0.717, 1.165) is 239 Å². The number of thioether (sulfide) groups is 1. The minimum atomic E-state index is -2.55. The Bertz CT molecular complexity index is 4120. The molecule has 7 N–H and O–H groups in total. The summed E-state index contributed by atoms with van der Waals surface area (Å²) in [6.45, 7) is 59.0. The lowest BCUT2D eigenvalue weighted by atomic mass is 9.93. The number of nitriles is 1. The molecule has 38 heteroatoms. The molecule has 0 amide bonds. The van der Waals surface area contributed by atoms with Crippen LogP contribution in [0.15, 0.2) is 84.9 Å². The molecule has 0 atom stereocenters. The van der Waals surface area contributed by atoms with Crippen LogP contribution < -0.4 is 0 Å². The number of aryl methyl sites for hydroxylation is 8. The molecule has 6 aromatic rings. The summed E-state index contributed by atoms with van der Waals surface area (Å²) in [5, 5.41) is 81.8. The van der Waals surface area contributed by atoms with Gasteiger partial charge in [0, 0.05) is 187 Å². The lowest BCUT2D eigenvalue weighted by Crippen LogP contribution is -2.46. The number of rotatable bonds is 72. The molecule has 0 aliphatic carbocycles. The van der Waals surface area contributed by atoms with Crippen LogP contribution in [0.25, 0.3) is 0 Å². The van der Waals surface area contributed by atoms with Crippen LogP contribution in [0.2, 0.25) is 68.0 Å². The van der Waals surface area contributed by atoms with Gasteiger partial charge >= 0.3 is 60.4 Å². The maximum absolute atomic E-state index is 10.9. The van der Waals surface area contributed by atoms with Crippen LogP contribution in [0.1, 0.15) is 230 Å². The van der Waals surface area contributed by atoms with Gasteiger partial charge in [-0.25, -0.2) is 0 Å². The third kappa shape index (κ3) is 56.7. The number of hydrogen-bond donors (Lipinski definition) is 7. The van der Waals surface area contributed by atoms with Crippen LogP contribution in [0.4, 0.5) is 0 Å². The summed E-state index contributed by atoms with van der Waals surface area (Å²) in [5.41, 5.74) is 14.7. The Labute approximate surface area is 903 Å². The van der Waals surface area contributed by atoms with Gasteiger partial charge in [-0.05, 0) is 330 Å². The fourth-order valence-electron chi connectivity index (χ4n) is 16.6. The van der Waals surface area contributed by atoms with Gasteiger partial charge in [0.25, 0.3) is 0 Å². The van der Waals surface area contributed by atoms with Crippen LogP contribution in [-0.2, 0) is 106 Å². The zero-order valence-electron chi connectivity index (χ0n) is 93.7. The Morgan fingerprint density at radius 3 is 0.883 bits per heavy atom. The SMILES string of the molecule is CCC[Si](CCCOCCOCCC[Si](OCC)(OCC)OCC)(OCC)OCC.CCO[Si](C)(CCCSSCCC[Si](C)(OCC)OCC)OCC.CCO[Si](CCCSC#N)(OCC)OCC.CO[Si](C)(CCCSSCCC[Si](CO)(OC)OC)OC.Cc1cc(Cc2cc(C)c(O)c(C)c2)c(O)c(Cc2cc(C)c(O)c(C)c2)c1.Cc1ccc(O)c(Cc2cc(C)cc(Cc3cc(C)ccc3O)c2O)c1. The number of thiocyanates is 1. The van der Waals surface area contributed by atoms with Crippen molar-refractivity contribution in [2.24, 2.45) is 0 Å². The number of phenolic OH excluding ortho intramolecular Hbond substituents is 6. The second kappa shape index (κ2) is 80.0. The molecule has 145 heavy (non-hydrogen) atoms. The summed E-state index contributed by atoms with van der Waals surface area (Å²) in [5.74, 6) is 6.95. The van der Waals surface area contributed by atoms with Crippen molar-refractivity contribution in [3.05, 3.63) is 174 Å². The van der Waals surface area contributed by atoms with Gasteiger partial charge in [-0.15, -0.1) is 0 Å². The number of nitrogens with zero attached hydrogens (tertiary/aromatic N) is 1. The predicted molar refractivity (Wildman–Crippen MR) is 621 cm³/mol. The molecule has 0 aromatic heterocycles. The molecule has 0 spiro atoms. The normalized spacial score (nSPS) is 11.9. The molecule has 6 aromatic carbocycles. The minimum Gasteiger partial charge on any atom is -0.508 e. The Hall–Kier alpha value is -3.88. The molecule has 0 fully saturated rings. The summed E-state index contributed by atoms with van der Waals surface area (Å²) in [6.07, 6.45) is 10.4. The Kier molecular flexibility index (Phi) is 76.8. The van der Waals surface area contributed by atoms with Crippen molar-refractivity contribution in [2.45, 2.75) is 290 Å². The van der Waals surface area contributed by atoms with E-state index in [-0.39, 0.29) is 23.5 Å². The highest BCUT2D eigenvalue weighted by Crippen LogP contribution is 2.38. The van der Waals surface area contributed by atoms with Crippen LogP contribution >= 0.6 is 54.9 Å². The molecule has 6 rings (SSSR count). The van der Waals surface area contributed by atoms with Gasteiger partial charge in [-0.1, -0.05) is 152 Å². The molecule has 0 saturated heterocycles. The van der Waals surface area contributed by atoms with Crippen LogP contribution in [0.3, 0.4) is 0 Å². The molecule has 0 unspecified atom stereocenters. The monoisotopic (exact) mass is 2240 g/mol. The molecule has 0 radical (unpaired) electrons. The number of benzene rings is 6. The molecule has 0 bridgehead atoms. The fourth-order valence-corrected chi connectivity index (χ4v) is 39.1. The van der Waals surface area contributed by atoms with E-state index in [1.54, 1.807) is 40.6 Å². The number of aliphatic hydroxyl groups is 1. The highest BCUT2D eigenvalue weighted by molar-refractivity contribution is 8.77. The smallest absolute Gasteiger partial charge is 0.501 e. The zero-order chi connectivity index (χ0) is 109. The summed E-state index contributed by atoms with van der Waals surface area (Å²) >= 11 is 1.26. The summed E-state index contributed by atoms with van der Waals surface area (Å²) in [7, 11) is -0.711. The van der Waals surface area contributed by atoms with Crippen molar-refractivity contribution >= 4 is 115 Å². The third-order valence-corrected chi connectivity index (χ3v) is 51.8. The van der Waals surface area contributed by atoms with Gasteiger partial charge in [0.1, 0.15) is 39.9 Å². The van der Waals surface area contributed by atoms with Gasteiger partial charge in [0.05, 0.1) is 19.4 Å². The van der Waals surface area contributed by atoms with E-state index in [2.05, 4.69) is 59.7 Å². The fraction of sp³-hybridized carbons (Fsp3) is 0.654. The number of phenols is 6. The number of hydrogen-bond acceptors (Lipinski definition) is 31. The molecule has 0 aliphatic heterocycles. The molecule has 0 aliphatic rings. The number of aromatic hydroxyl groups is 6. The van der Waals surface area contributed by atoms with E-state index in [9.17, 15) is 35.7 Å². The Morgan fingerprint density at radius 1 is 0.290 bits per heavy atom. The van der Waals surface area contributed by atoms with Gasteiger partial charge in [-0.3, -0.25) is 0 Å². The number of ether oxygens (including phenoxy) is 2. The standard InChI is InChI=1S/C25H28O3.C23H24O3.C21H48O7Si2.C16H38O4S2Si2.C12H30O5S2Si2.C10H21NO3SSi/c1-14-6-21(12-19-8-15(2)23(26)16(3)9-19)25(28)22(7-14)13-20-10-17(4)24(27)18(5)11-20;1-14-4-6-21(24)17(8-14)12-19-10-16(3)11-20(23(19)26)13-18-9-15(2)5-7-22(18)25;1-7-19-29(24-8-2,25-9-3)20-13-15-22-17-18-23-16-14-21-30(26-10-4,27-11-5)28-12-6;1-7-17-23(5,18-8-2)15-11-13-21-22-14-12-16-24(6,19-9-3)20-10-4;1-14-20(5,15-2)10-6-8-18-19-9-7-11-21(12-13,16-3)17-4;1-4-12-16(13-5-2,14-6-3)9-7-8-15-10-11/h6-11,26-28H,12-13H2,1-5H3;4-11,24-26H,12-13H2,1-3H3;7-21H2,1-6H3;7-16H2,1-6H3;13H,6-12H2,1-5H3;4-9H2,1-3H3. The van der Waals surface area contributed by atoms with Crippen LogP contribution in [0.5, 0.6) is 34.5 Å². The average Bonchev–Trinajstić information content (AvgIpc) is 0.811. The second-order valence-corrected chi connectivity index (χ2v) is 64.6. The average molecular weight is 2250 g/mol. The molecular formula is C107H189NO25S5Si7. The molecule has 0 saturated carbocycles. The van der Waals surface area contributed by atoms with Crippen molar-refractivity contribution in [2.75, 3.05) is 169 Å². The molecule has 26 nitrogen and oxygen atoms in total. The van der Waals surface area contributed by atoms with E-state index >= 15 is 0 Å². The van der Waals surface area contributed by atoms with Gasteiger partial charge in [0.2, 0.25) is 0 Å². The molecule has 0 heterocycles. The van der Waals surface area contributed by atoms with Crippen molar-refractivity contribution in [1.82, 2.24) is 0 Å². The Balaban J connectivity index is 0.000000878.